The highest BCUT2D eigenvalue weighted by molar-refractivity contribution is 7.80. The molecule has 1 aliphatic rings. The number of halogens is 1. The number of aryl methyl sites for hydroxylation is 1. The van der Waals surface area contributed by atoms with E-state index in [1.54, 1.807) is 12.3 Å². The van der Waals surface area contributed by atoms with E-state index in [2.05, 4.69) is 31.2 Å². The molecule has 4 aromatic rings. The van der Waals surface area contributed by atoms with Crippen LogP contribution >= 0.6 is 12.2 Å². The molecule has 1 saturated heterocycles. The molecular formula is C28H26FN5OS. The molecule has 182 valence electrons. The molecule has 0 unspecified atom stereocenters. The number of anilines is 2. The van der Waals surface area contributed by atoms with Crippen LogP contribution in [0, 0.1) is 19.7 Å². The predicted octanol–water partition coefficient (Wildman–Crippen LogP) is 5.76. The summed E-state index contributed by atoms with van der Waals surface area (Å²) in [5, 5.41) is 6.86. The van der Waals surface area contributed by atoms with Gasteiger partial charge >= 0.3 is 0 Å². The van der Waals surface area contributed by atoms with Crippen molar-refractivity contribution in [1.29, 1.82) is 0 Å². The van der Waals surface area contributed by atoms with Gasteiger partial charge in [0.25, 0.3) is 0 Å². The smallest absolute Gasteiger partial charge is 0.221 e. The fourth-order valence-electron chi connectivity index (χ4n) is 4.96. The zero-order valence-corrected chi connectivity index (χ0v) is 21.0. The quantitative estimate of drug-likeness (QED) is 0.342. The van der Waals surface area contributed by atoms with Crippen molar-refractivity contribution in [2.24, 2.45) is 0 Å². The molecule has 0 radical (unpaired) electrons. The number of pyridine rings is 1. The summed E-state index contributed by atoms with van der Waals surface area (Å²) in [4.78, 5) is 18.2. The van der Waals surface area contributed by atoms with Crippen molar-refractivity contribution in [3.05, 3.63) is 107 Å². The highest BCUT2D eigenvalue weighted by atomic mass is 32.1. The Morgan fingerprint density at radius 1 is 1.03 bits per heavy atom. The minimum absolute atomic E-state index is 0.126. The molecule has 2 atom stereocenters. The normalized spacial score (nSPS) is 17.2. The Hall–Kier alpha value is -4.04. The van der Waals surface area contributed by atoms with E-state index in [9.17, 15) is 9.18 Å². The van der Waals surface area contributed by atoms with Gasteiger partial charge in [-0.15, -0.1) is 0 Å². The van der Waals surface area contributed by atoms with Crippen LogP contribution in [0.1, 0.15) is 41.7 Å². The maximum absolute atomic E-state index is 14.1. The summed E-state index contributed by atoms with van der Waals surface area (Å²) in [5.74, 6) is -0.406. The van der Waals surface area contributed by atoms with Crippen LogP contribution in [0.4, 0.5) is 15.8 Å². The molecular weight excluding hydrogens is 473 g/mol. The molecule has 2 aromatic carbocycles. The van der Waals surface area contributed by atoms with Crippen molar-refractivity contribution >= 4 is 34.6 Å². The Morgan fingerprint density at radius 2 is 1.81 bits per heavy atom. The molecule has 0 bridgehead atoms. The molecule has 5 rings (SSSR count). The number of benzene rings is 2. The first-order chi connectivity index (χ1) is 17.3. The monoisotopic (exact) mass is 499 g/mol. The van der Waals surface area contributed by atoms with Crippen molar-refractivity contribution in [3.63, 3.8) is 0 Å². The maximum atomic E-state index is 14.1. The average Bonchev–Trinajstić information content (AvgIpc) is 3.35. The third-order valence-corrected chi connectivity index (χ3v) is 6.73. The lowest BCUT2D eigenvalue weighted by molar-refractivity contribution is -0.114. The Balaban J connectivity index is 1.63. The van der Waals surface area contributed by atoms with E-state index in [0.29, 0.717) is 10.8 Å². The van der Waals surface area contributed by atoms with Gasteiger partial charge in [-0.1, -0.05) is 12.1 Å². The van der Waals surface area contributed by atoms with E-state index < -0.39 is 0 Å². The fraction of sp³-hybridized carbons (Fsp3) is 0.179. The number of carbonyl (C=O) groups excluding carboxylic acids is 1. The van der Waals surface area contributed by atoms with Gasteiger partial charge in [-0.2, -0.15) is 0 Å². The van der Waals surface area contributed by atoms with E-state index in [0.717, 1.165) is 34.0 Å². The van der Waals surface area contributed by atoms with Crippen LogP contribution in [-0.2, 0) is 4.79 Å². The Labute approximate surface area is 214 Å². The fourth-order valence-corrected chi connectivity index (χ4v) is 5.30. The third kappa shape index (κ3) is 4.35. The Bertz CT molecular complexity index is 1430. The van der Waals surface area contributed by atoms with Gasteiger partial charge in [0.15, 0.2) is 5.11 Å². The van der Waals surface area contributed by atoms with Crippen LogP contribution in [0.5, 0.6) is 0 Å². The number of rotatable bonds is 5. The van der Waals surface area contributed by atoms with Crippen LogP contribution in [0.15, 0.2) is 79.0 Å². The van der Waals surface area contributed by atoms with Gasteiger partial charge in [0, 0.05) is 41.6 Å². The number of thiocarbonyl (C=S) groups is 1. The van der Waals surface area contributed by atoms with E-state index >= 15 is 0 Å². The van der Waals surface area contributed by atoms with Gasteiger partial charge in [0.05, 0.1) is 17.8 Å². The number of aromatic nitrogens is 2. The maximum Gasteiger partial charge on any atom is 0.221 e. The number of nitrogens with zero attached hydrogens (tertiary/aromatic N) is 3. The van der Waals surface area contributed by atoms with Gasteiger partial charge < -0.3 is 20.1 Å². The van der Waals surface area contributed by atoms with Crippen molar-refractivity contribution in [2.45, 2.75) is 32.9 Å². The van der Waals surface area contributed by atoms with E-state index in [1.807, 2.05) is 62.4 Å². The molecule has 2 aromatic heterocycles. The van der Waals surface area contributed by atoms with Crippen molar-refractivity contribution in [3.8, 4) is 5.69 Å². The lowest BCUT2D eigenvalue weighted by Crippen LogP contribution is -2.29. The zero-order chi connectivity index (χ0) is 25.4. The highest BCUT2D eigenvalue weighted by Crippen LogP contribution is 2.43. The molecule has 6 nitrogen and oxygen atoms in total. The summed E-state index contributed by atoms with van der Waals surface area (Å²) in [6.45, 7) is 5.54. The highest BCUT2D eigenvalue weighted by Gasteiger charge is 2.42. The zero-order valence-electron chi connectivity index (χ0n) is 20.2. The molecule has 1 amide bonds. The molecule has 1 fully saturated rings. The summed E-state index contributed by atoms with van der Waals surface area (Å²) in [5.41, 5.74) is 6.29. The van der Waals surface area contributed by atoms with Gasteiger partial charge in [-0.05, 0) is 92.3 Å². The molecule has 0 spiro atoms. The first-order valence-corrected chi connectivity index (χ1v) is 12.1. The first-order valence-electron chi connectivity index (χ1n) is 11.7. The standard InChI is InChI=1S/C28H26FN5OS/c1-17-15-24(18(2)33(17)23-8-6-7-20(29)16-23)27-26(25-9-4-5-14-30-25)32-28(36)34(27)22-12-10-21(11-13-22)31-19(3)35/h4-16,26-27H,1-3H3,(H,31,35)(H,32,36)/t26-,27-/m1/s1. The van der Waals surface area contributed by atoms with Crippen molar-refractivity contribution < 1.29 is 9.18 Å². The average molecular weight is 500 g/mol. The Morgan fingerprint density at radius 3 is 2.47 bits per heavy atom. The number of amides is 1. The third-order valence-electron chi connectivity index (χ3n) is 6.42. The van der Waals surface area contributed by atoms with Crippen LogP contribution < -0.4 is 15.5 Å². The van der Waals surface area contributed by atoms with Gasteiger partial charge in [0.1, 0.15) is 5.82 Å². The van der Waals surface area contributed by atoms with E-state index in [-0.39, 0.29) is 23.8 Å². The topological polar surface area (TPSA) is 62.2 Å². The molecule has 1 aliphatic heterocycles. The van der Waals surface area contributed by atoms with Crippen LogP contribution in [-0.4, -0.2) is 20.6 Å². The number of carbonyl (C=O) groups is 1. The second-order valence-electron chi connectivity index (χ2n) is 8.87. The molecule has 2 N–H and O–H groups in total. The molecule has 0 saturated carbocycles. The first kappa shape index (κ1) is 23.7. The van der Waals surface area contributed by atoms with Crippen molar-refractivity contribution in [2.75, 3.05) is 10.2 Å². The van der Waals surface area contributed by atoms with E-state index in [4.69, 9.17) is 12.2 Å². The molecule has 3 heterocycles. The largest absolute Gasteiger partial charge is 0.351 e. The number of nitrogens with one attached hydrogen (secondary N) is 2. The van der Waals surface area contributed by atoms with E-state index in [1.165, 1.54) is 19.1 Å². The second kappa shape index (κ2) is 9.54. The summed E-state index contributed by atoms with van der Waals surface area (Å²) >= 11 is 5.83. The summed E-state index contributed by atoms with van der Waals surface area (Å²) < 4.78 is 16.1. The lowest BCUT2D eigenvalue weighted by Gasteiger charge is -2.28. The summed E-state index contributed by atoms with van der Waals surface area (Å²) in [6, 6.07) is 21.8. The predicted molar refractivity (Wildman–Crippen MR) is 144 cm³/mol. The van der Waals surface area contributed by atoms with Gasteiger partial charge in [-0.25, -0.2) is 4.39 Å². The van der Waals surface area contributed by atoms with Crippen LogP contribution in [0.25, 0.3) is 5.69 Å². The second-order valence-corrected chi connectivity index (χ2v) is 9.25. The van der Waals surface area contributed by atoms with Crippen LogP contribution in [0.2, 0.25) is 0 Å². The molecule has 8 heteroatoms. The number of hydrogen-bond donors (Lipinski definition) is 2. The van der Waals surface area contributed by atoms with Gasteiger partial charge in [0.2, 0.25) is 5.91 Å². The summed E-state index contributed by atoms with van der Waals surface area (Å²) in [7, 11) is 0. The molecule has 0 aliphatic carbocycles. The van der Waals surface area contributed by atoms with Crippen LogP contribution in [0.3, 0.4) is 0 Å². The number of hydrogen-bond acceptors (Lipinski definition) is 3. The Kier molecular flexibility index (Phi) is 6.28. The van der Waals surface area contributed by atoms with Gasteiger partial charge in [-0.3, -0.25) is 9.78 Å². The SMILES string of the molecule is CC(=O)Nc1ccc(N2C(=S)N[C@H](c3ccccn3)[C@H]2c2cc(C)n(-c3cccc(F)c3)c2C)cc1. The minimum Gasteiger partial charge on any atom is -0.351 e. The van der Waals surface area contributed by atoms with Crippen molar-refractivity contribution in [1.82, 2.24) is 14.9 Å². The lowest BCUT2D eigenvalue weighted by atomic mass is 9.96. The molecule has 36 heavy (non-hydrogen) atoms. The summed E-state index contributed by atoms with van der Waals surface area (Å²) in [6.07, 6.45) is 1.78. The minimum atomic E-state index is -0.280.